The van der Waals surface area contributed by atoms with E-state index in [2.05, 4.69) is 0 Å². The van der Waals surface area contributed by atoms with Gasteiger partial charge in [0.05, 0.1) is 6.10 Å². The molecular weight excluding hydrogens is 262 g/mol. The van der Waals surface area contributed by atoms with Crippen LogP contribution in [0.5, 0.6) is 0 Å². The van der Waals surface area contributed by atoms with Crippen molar-refractivity contribution in [2.45, 2.75) is 59.6 Å². The smallest absolute Gasteiger partial charge is 0.393 e. The number of nitrogens with two attached hydrogens (primary N) is 1. The number of aliphatic hydroxyl groups excluding tert-OH is 1. The van der Waals surface area contributed by atoms with Gasteiger partial charge in [-0.25, -0.2) is 0 Å². The van der Waals surface area contributed by atoms with E-state index in [0.29, 0.717) is 26.4 Å². The van der Waals surface area contributed by atoms with Gasteiger partial charge in [-0.05, 0) is 47.1 Å². The van der Waals surface area contributed by atoms with Gasteiger partial charge in [-0.15, -0.1) is 0 Å². The SMILES string of the molecule is CCC(C)O.CCO[Si](CCCN)(OCC)OCC. The Kier molecular flexibility index (Phi) is 16.2. The number of hydrogen-bond donors (Lipinski definition) is 2. The fraction of sp³-hybridized carbons (Fsp3) is 1.00. The lowest BCUT2D eigenvalue weighted by atomic mass is 10.3. The Labute approximate surface area is 119 Å². The van der Waals surface area contributed by atoms with Gasteiger partial charge in [-0.3, -0.25) is 0 Å². The van der Waals surface area contributed by atoms with Gasteiger partial charge in [-0.1, -0.05) is 6.92 Å². The molecule has 0 fully saturated rings. The highest BCUT2D eigenvalue weighted by atomic mass is 28.4. The van der Waals surface area contributed by atoms with Gasteiger partial charge in [0.25, 0.3) is 0 Å². The molecule has 0 heterocycles. The van der Waals surface area contributed by atoms with Crippen LogP contribution in [-0.2, 0) is 13.3 Å². The van der Waals surface area contributed by atoms with Crippen LogP contribution in [-0.4, -0.2) is 46.4 Å². The van der Waals surface area contributed by atoms with Crippen molar-refractivity contribution in [2.75, 3.05) is 26.4 Å². The summed E-state index contributed by atoms with van der Waals surface area (Å²) in [7, 11) is -2.40. The van der Waals surface area contributed by atoms with Gasteiger partial charge in [0.2, 0.25) is 0 Å². The van der Waals surface area contributed by atoms with Crippen LogP contribution in [0.25, 0.3) is 0 Å². The van der Waals surface area contributed by atoms with Crippen molar-refractivity contribution in [1.82, 2.24) is 0 Å². The first-order valence-electron chi connectivity index (χ1n) is 7.31. The number of rotatable bonds is 10. The average Bonchev–Trinajstić information content (AvgIpc) is 2.38. The summed E-state index contributed by atoms with van der Waals surface area (Å²) in [6, 6.07) is 0.818. The molecule has 0 aromatic carbocycles. The van der Waals surface area contributed by atoms with E-state index in [1.54, 1.807) is 6.92 Å². The topological polar surface area (TPSA) is 73.9 Å². The zero-order valence-electron chi connectivity index (χ0n) is 13.3. The van der Waals surface area contributed by atoms with Gasteiger partial charge >= 0.3 is 8.80 Å². The van der Waals surface area contributed by atoms with E-state index in [1.165, 1.54) is 0 Å². The predicted octanol–water partition coefficient (Wildman–Crippen LogP) is 2.16. The standard InChI is InChI=1S/C9H23NO3Si.C4H10O/c1-4-11-14(12-5-2,13-6-3)9-7-8-10;1-3-4(2)5/h4-10H2,1-3H3;4-5H,3H2,1-2H3. The second-order valence-corrected chi connectivity index (χ2v) is 6.86. The first kappa shape index (κ1) is 21.3. The van der Waals surface area contributed by atoms with Crippen LogP contribution in [0.4, 0.5) is 0 Å². The molecule has 0 aliphatic carbocycles. The van der Waals surface area contributed by atoms with Crippen LogP contribution >= 0.6 is 0 Å². The second kappa shape index (κ2) is 14.4. The van der Waals surface area contributed by atoms with Crippen molar-refractivity contribution in [1.29, 1.82) is 0 Å². The molecule has 0 aromatic rings. The summed E-state index contributed by atoms with van der Waals surface area (Å²) >= 11 is 0. The third-order valence-electron chi connectivity index (χ3n) is 2.37. The molecule has 0 amide bonds. The third-order valence-corrected chi connectivity index (χ3v) is 5.52. The average molecular weight is 295 g/mol. The van der Waals surface area contributed by atoms with E-state index >= 15 is 0 Å². The first-order chi connectivity index (χ1) is 9.01. The molecule has 1 unspecified atom stereocenters. The van der Waals surface area contributed by atoms with E-state index in [4.69, 9.17) is 24.1 Å². The first-order valence-corrected chi connectivity index (χ1v) is 9.24. The molecule has 1 atom stereocenters. The molecule has 0 radical (unpaired) electrons. The third kappa shape index (κ3) is 12.8. The predicted molar refractivity (Wildman–Crippen MR) is 81.1 cm³/mol. The van der Waals surface area contributed by atoms with Gasteiger partial charge in [-0.2, -0.15) is 0 Å². The van der Waals surface area contributed by atoms with Crippen molar-refractivity contribution < 1.29 is 18.4 Å². The summed E-state index contributed by atoms with van der Waals surface area (Å²) < 4.78 is 17.0. The zero-order chi connectivity index (χ0) is 15.1. The Hall–Kier alpha value is 0.0169. The van der Waals surface area contributed by atoms with Crippen molar-refractivity contribution in [2.24, 2.45) is 5.73 Å². The quantitative estimate of drug-likeness (QED) is 0.604. The van der Waals surface area contributed by atoms with Crippen LogP contribution in [0.3, 0.4) is 0 Å². The maximum atomic E-state index is 8.36. The lowest BCUT2D eigenvalue weighted by Gasteiger charge is -2.28. The molecule has 0 aliphatic heterocycles. The summed E-state index contributed by atoms with van der Waals surface area (Å²) in [5.41, 5.74) is 5.48. The summed E-state index contributed by atoms with van der Waals surface area (Å²) in [5, 5.41) is 8.36. The molecule has 0 saturated heterocycles. The second-order valence-electron chi connectivity index (χ2n) is 4.13. The molecule has 19 heavy (non-hydrogen) atoms. The Morgan fingerprint density at radius 1 is 1.00 bits per heavy atom. The van der Waals surface area contributed by atoms with Gasteiger partial charge in [0, 0.05) is 25.9 Å². The van der Waals surface area contributed by atoms with E-state index < -0.39 is 8.80 Å². The lowest BCUT2D eigenvalue weighted by molar-refractivity contribution is 0.0710. The Bertz CT molecular complexity index is 165. The Balaban J connectivity index is 0. The largest absolute Gasteiger partial charge is 0.500 e. The number of aliphatic hydroxyl groups is 1. The van der Waals surface area contributed by atoms with E-state index in [-0.39, 0.29) is 6.10 Å². The van der Waals surface area contributed by atoms with Crippen LogP contribution < -0.4 is 5.73 Å². The molecule has 5 nitrogen and oxygen atoms in total. The molecule has 0 rings (SSSR count). The zero-order valence-corrected chi connectivity index (χ0v) is 14.3. The highest BCUT2D eigenvalue weighted by molar-refractivity contribution is 6.60. The normalized spacial score (nSPS) is 12.8. The molecule has 0 aromatic heterocycles. The van der Waals surface area contributed by atoms with E-state index in [0.717, 1.165) is 18.9 Å². The Morgan fingerprint density at radius 2 is 1.37 bits per heavy atom. The molecule has 3 N–H and O–H groups in total. The maximum absolute atomic E-state index is 8.36. The molecule has 0 spiro atoms. The Morgan fingerprint density at radius 3 is 1.58 bits per heavy atom. The molecule has 0 bridgehead atoms. The highest BCUT2D eigenvalue weighted by Gasteiger charge is 2.39. The minimum Gasteiger partial charge on any atom is -0.393 e. The molecule has 118 valence electrons. The summed E-state index contributed by atoms with van der Waals surface area (Å²) in [5.74, 6) is 0. The fourth-order valence-corrected chi connectivity index (χ4v) is 3.96. The molecule has 6 heteroatoms. The summed E-state index contributed by atoms with van der Waals surface area (Å²) in [6.07, 6.45) is 1.64. The van der Waals surface area contributed by atoms with Crippen LogP contribution in [0.1, 0.15) is 47.5 Å². The fourth-order valence-electron chi connectivity index (χ4n) is 1.32. The van der Waals surface area contributed by atoms with Crippen molar-refractivity contribution in [3.05, 3.63) is 0 Å². The van der Waals surface area contributed by atoms with Crippen molar-refractivity contribution >= 4 is 8.80 Å². The minimum atomic E-state index is -2.40. The molecular formula is C13H33NO4Si. The number of hydrogen-bond acceptors (Lipinski definition) is 5. The van der Waals surface area contributed by atoms with Crippen LogP contribution in [0.15, 0.2) is 0 Å². The van der Waals surface area contributed by atoms with E-state index in [1.807, 2.05) is 27.7 Å². The van der Waals surface area contributed by atoms with Gasteiger partial charge < -0.3 is 24.1 Å². The minimum absolute atomic E-state index is 0.116. The van der Waals surface area contributed by atoms with E-state index in [9.17, 15) is 0 Å². The maximum Gasteiger partial charge on any atom is 0.500 e. The highest BCUT2D eigenvalue weighted by Crippen LogP contribution is 2.17. The molecule has 0 aliphatic rings. The van der Waals surface area contributed by atoms with Gasteiger partial charge in [0.15, 0.2) is 0 Å². The van der Waals surface area contributed by atoms with Crippen molar-refractivity contribution in [3.8, 4) is 0 Å². The van der Waals surface area contributed by atoms with Gasteiger partial charge in [0.1, 0.15) is 0 Å². The van der Waals surface area contributed by atoms with Crippen LogP contribution in [0.2, 0.25) is 6.04 Å². The van der Waals surface area contributed by atoms with Crippen LogP contribution in [0, 0.1) is 0 Å². The summed E-state index contributed by atoms with van der Waals surface area (Å²) in [6.45, 7) is 12.2. The summed E-state index contributed by atoms with van der Waals surface area (Å²) in [4.78, 5) is 0. The monoisotopic (exact) mass is 295 g/mol. The van der Waals surface area contributed by atoms with Crippen molar-refractivity contribution in [3.63, 3.8) is 0 Å². The lowest BCUT2D eigenvalue weighted by Crippen LogP contribution is -2.46. The molecule has 0 saturated carbocycles.